The molecule has 0 saturated carbocycles. The van der Waals surface area contributed by atoms with Gasteiger partial charge in [-0.15, -0.1) is 0 Å². The number of hydrogen-bond acceptors (Lipinski definition) is 2. The van der Waals surface area contributed by atoms with Crippen molar-refractivity contribution >= 4 is 11.7 Å². The third-order valence-electron chi connectivity index (χ3n) is 5.03. The number of fused-ring (bicyclic) bond motifs is 1. The van der Waals surface area contributed by atoms with E-state index < -0.39 is 0 Å². The largest absolute Gasteiger partial charge is 0.497 e. The molecule has 1 aliphatic rings. The van der Waals surface area contributed by atoms with Gasteiger partial charge >= 0.3 is 6.03 Å². The third kappa shape index (κ3) is 3.40. The first-order valence-corrected chi connectivity index (χ1v) is 9.09. The van der Waals surface area contributed by atoms with Gasteiger partial charge in [-0.3, -0.25) is 0 Å². The zero-order valence-corrected chi connectivity index (χ0v) is 15.6. The van der Waals surface area contributed by atoms with E-state index in [9.17, 15) is 4.79 Å². The molecule has 0 spiro atoms. The van der Waals surface area contributed by atoms with Crippen LogP contribution in [0.25, 0.3) is 0 Å². The van der Waals surface area contributed by atoms with E-state index >= 15 is 0 Å². The molecule has 1 aliphatic heterocycles. The zero-order valence-electron chi connectivity index (χ0n) is 15.6. The second-order valence-electron chi connectivity index (χ2n) is 6.79. The van der Waals surface area contributed by atoms with Crippen molar-refractivity contribution in [3.05, 3.63) is 83.7 Å². The highest BCUT2D eigenvalue weighted by atomic mass is 16.5. The van der Waals surface area contributed by atoms with Gasteiger partial charge in [0, 0.05) is 30.7 Å². The number of ether oxygens (including phenoxy) is 1. The highest BCUT2D eigenvalue weighted by molar-refractivity contribution is 5.90. The fraction of sp³-hybridized carbons (Fsp3) is 0.227. The van der Waals surface area contributed by atoms with Gasteiger partial charge in [-0.1, -0.05) is 29.8 Å². The fourth-order valence-electron chi connectivity index (χ4n) is 3.57. The molecule has 138 valence electrons. The lowest BCUT2D eigenvalue weighted by Gasteiger charge is -2.37. The van der Waals surface area contributed by atoms with Gasteiger partial charge < -0.3 is 19.5 Å². The quantitative estimate of drug-likeness (QED) is 0.749. The zero-order chi connectivity index (χ0) is 18.8. The Balaban J connectivity index is 1.63. The van der Waals surface area contributed by atoms with Gasteiger partial charge in [-0.2, -0.15) is 0 Å². The highest BCUT2D eigenvalue weighted by Crippen LogP contribution is 2.33. The van der Waals surface area contributed by atoms with Crippen LogP contribution in [0.5, 0.6) is 5.75 Å². The maximum Gasteiger partial charge on any atom is 0.322 e. The minimum atomic E-state index is -0.104. The van der Waals surface area contributed by atoms with Crippen LogP contribution in [0.1, 0.15) is 22.9 Å². The minimum Gasteiger partial charge on any atom is -0.497 e. The number of rotatable bonds is 3. The molecule has 3 aromatic rings. The summed E-state index contributed by atoms with van der Waals surface area (Å²) < 4.78 is 7.40. The molecular weight excluding hydrogens is 338 g/mol. The third-order valence-corrected chi connectivity index (χ3v) is 5.03. The Hall–Kier alpha value is -3.21. The molecule has 2 heterocycles. The van der Waals surface area contributed by atoms with Gasteiger partial charge in [0.1, 0.15) is 5.75 Å². The normalized spacial score (nSPS) is 15.9. The van der Waals surface area contributed by atoms with Crippen LogP contribution in [0.4, 0.5) is 10.5 Å². The average molecular weight is 361 g/mol. The molecule has 1 atom stereocenters. The summed E-state index contributed by atoms with van der Waals surface area (Å²) in [6.07, 6.45) is 2.08. The van der Waals surface area contributed by atoms with E-state index in [0.717, 1.165) is 29.2 Å². The number of urea groups is 1. The predicted octanol–water partition coefficient (Wildman–Crippen LogP) is 4.44. The summed E-state index contributed by atoms with van der Waals surface area (Å²) in [5.74, 6) is 0.765. The van der Waals surface area contributed by atoms with E-state index in [2.05, 4.69) is 53.3 Å². The molecule has 4 rings (SSSR count). The van der Waals surface area contributed by atoms with Crippen LogP contribution in [0.2, 0.25) is 0 Å². The summed E-state index contributed by atoms with van der Waals surface area (Å²) in [7, 11) is 1.63. The Labute approximate surface area is 159 Å². The van der Waals surface area contributed by atoms with E-state index in [0.29, 0.717) is 6.54 Å². The maximum atomic E-state index is 13.1. The van der Waals surface area contributed by atoms with E-state index in [-0.39, 0.29) is 12.1 Å². The van der Waals surface area contributed by atoms with Crippen LogP contribution in [-0.4, -0.2) is 29.2 Å². The van der Waals surface area contributed by atoms with Crippen LogP contribution < -0.4 is 10.1 Å². The molecular formula is C22H23N3O2. The molecule has 0 saturated heterocycles. The Morgan fingerprint density at radius 2 is 1.78 bits per heavy atom. The Kier molecular flexibility index (Phi) is 4.59. The number of amides is 2. The summed E-state index contributed by atoms with van der Waals surface area (Å²) in [6.45, 7) is 3.52. The first kappa shape index (κ1) is 17.2. The summed E-state index contributed by atoms with van der Waals surface area (Å²) in [5, 5.41) is 3.02. The van der Waals surface area contributed by atoms with Crippen LogP contribution in [0.3, 0.4) is 0 Å². The number of nitrogens with zero attached hydrogens (tertiary/aromatic N) is 2. The molecule has 0 aliphatic carbocycles. The van der Waals surface area contributed by atoms with Crippen molar-refractivity contribution in [1.29, 1.82) is 0 Å². The van der Waals surface area contributed by atoms with E-state index in [1.807, 2.05) is 35.2 Å². The molecule has 0 fully saturated rings. The predicted molar refractivity (Wildman–Crippen MR) is 106 cm³/mol. The molecule has 0 radical (unpaired) electrons. The topological polar surface area (TPSA) is 46.5 Å². The summed E-state index contributed by atoms with van der Waals surface area (Å²) in [6, 6.07) is 19.7. The van der Waals surface area contributed by atoms with Crippen LogP contribution >= 0.6 is 0 Å². The van der Waals surface area contributed by atoms with Gasteiger partial charge in [0.25, 0.3) is 0 Å². The number of carbonyl (C=O) groups excluding carboxylic acids is 1. The molecule has 2 amide bonds. The number of anilines is 1. The van der Waals surface area contributed by atoms with Crippen molar-refractivity contribution < 1.29 is 9.53 Å². The average Bonchev–Trinajstić information content (AvgIpc) is 3.17. The first-order chi connectivity index (χ1) is 13.2. The van der Waals surface area contributed by atoms with E-state index in [4.69, 9.17) is 4.74 Å². The molecule has 27 heavy (non-hydrogen) atoms. The maximum absolute atomic E-state index is 13.1. The van der Waals surface area contributed by atoms with Crippen LogP contribution in [0, 0.1) is 6.92 Å². The van der Waals surface area contributed by atoms with Crippen molar-refractivity contribution in [2.75, 3.05) is 19.0 Å². The van der Waals surface area contributed by atoms with Crippen LogP contribution in [0.15, 0.2) is 66.9 Å². The fourth-order valence-corrected chi connectivity index (χ4v) is 3.57. The lowest BCUT2D eigenvalue weighted by atomic mass is 9.99. The molecule has 5 heteroatoms. The molecule has 1 N–H and O–H groups in total. The van der Waals surface area contributed by atoms with E-state index in [1.54, 1.807) is 7.11 Å². The number of nitrogens with one attached hydrogen (secondary N) is 1. The smallest absolute Gasteiger partial charge is 0.322 e. The van der Waals surface area contributed by atoms with Gasteiger partial charge in [0.15, 0.2) is 0 Å². The minimum absolute atomic E-state index is 0.0989. The molecule has 1 aromatic heterocycles. The standard InChI is InChI=1S/C22H23N3O2/c1-16-5-7-17(8-6-16)21-20-4-3-13-24(20)14-15-25(21)22(26)23-18-9-11-19(27-2)12-10-18/h3-13,21H,14-15H2,1-2H3,(H,23,26). The van der Waals surface area contributed by atoms with Crippen molar-refractivity contribution in [3.63, 3.8) is 0 Å². The van der Waals surface area contributed by atoms with Crippen molar-refractivity contribution in [3.8, 4) is 5.75 Å². The molecule has 5 nitrogen and oxygen atoms in total. The number of hydrogen-bond donors (Lipinski definition) is 1. The summed E-state index contributed by atoms with van der Waals surface area (Å²) in [5.41, 5.74) is 4.21. The number of aryl methyl sites for hydroxylation is 1. The first-order valence-electron chi connectivity index (χ1n) is 9.09. The summed E-state index contributed by atoms with van der Waals surface area (Å²) in [4.78, 5) is 15.0. The van der Waals surface area contributed by atoms with Crippen molar-refractivity contribution in [2.45, 2.75) is 19.5 Å². The second-order valence-corrected chi connectivity index (χ2v) is 6.79. The number of carbonyl (C=O) groups is 1. The lowest BCUT2D eigenvalue weighted by molar-refractivity contribution is 0.182. The highest BCUT2D eigenvalue weighted by Gasteiger charge is 2.32. The Morgan fingerprint density at radius 3 is 2.48 bits per heavy atom. The number of methoxy groups -OCH3 is 1. The SMILES string of the molecule is COc1ccc(NC(=O)N2CCn3cccc3C2c2ccc(C)cc2)cc1. The number of aromatic nitrogens is 1. The van der Waals surface area contributed by atoms with Crippen molar-refractivity contribution in [2.24, 2.45) is 0 Å². The molecule has 2 aromatic carbocycles. The Bertz CT molecular complexity index is 929. The van der Waals surface area contributed by atoms with Gasteiger partial charge in [0.05, 0.1) is 13.2 Å². The van der Waals surface area contributed by atoms with Crippen molar-refractivity contribution in [1.82, 2.24) is 9.47 Å². The van der Waals surface area contributed by atoms with Gasteiger partial charge in [-0.25, -0.2) is 4.79 Å². The second kappa shape index (κ2) is 7.19. The molecule has 1 unspecified atom stereocenters. The van der Waals surface area contributed by atoms with Gasteiger partial charge in [-0.05, 0) is 48.9 Å². The summed E-state index contributed by atoms with van der Waals surface area (Å²) >= 11 is 0. The number of benzene rings is 2. The van der Waals surface area contributed by atoms with Gasteiger partial charge in [0.2, 0.25) is 0 Å². The van der Waals surface area contributed by atoms with E-state index in [1.165, 1.54) is 5.56 Å². The van der Waals surface area contributed by atoms with Crippen LogP contribution in [-0.2, 0) is 6.54 Å². The molecule has 0 bridgehead atoms. The lowest BCUT2D eigenvalue weighted by Crippen LogP contribution is -2.44. The Morgan fingerprint density at radius 1 is 1.04 bits per heavy atom. The monoisotopic (exact) mass is 361 g/mol.